The van der Waals surface area contributed by atoms with Crippen LogP contribution in [0.15, 0.2) is 18.2 Å². The zero-order chi connectivity index (χ0) is 14.1. The molecule has 1 aromatic heterocycles. The van der Waals surface area contributed by atoms with Gasteiger partial charge in [0.2, 0.25) is 0 Å². The first-order chi connectivity index (χ1) is 9.66. The molecule has 3 rings (SSSR count). The number of hydrogen-bond acceptors (Lipinski definition) is 3. The van der Waals surface area contributed by atoms with Crippen molar-refractivity contribution in [3.8, 4) is 0 Å². The van der Waals surface area contributed by atoms with E-state index >= 15 is 0 Å². The van der Waals surface area contributed by atoms with Crippen molar-refractivity contribution in [2.75, 3.05) is 32.8 Å². The molecular weight excluding hydrogens is 277 g/mol. The van der Waals surface area contributed by atoms with E-state index in [0.717, 1.165) is 38.4 Å². The number of morpholine rings is 1. The molecule has 108 valence electrons. The fourth-order valence-corrected chi connectivity index (χ4v) is 3.17. The van der Waals surface area contributed by atoms with Crippen molar-refractivity contribution in [3.63, 3.8) is 0 Å². The summed E-state index contributed by atoms with van der Waals surface area (Å²) >= 11 is 5.35. The summed E-state index contributed by atoms with van der Waals surface area (Å²) in [5.74, 6) is -0.258. The standard InChI is InChI=1S/C14H18FN3OS/c1-10(9-17-5-7-19-8-6-17)18-12-4-2-3-11(15)13(12)16-14(18)20/h2-4,10H,5-9H2,1H3,(H,16,20). The number of H-pyrrole nitrogens is 1. The Hall–Kier alpha value is -1.24. The van der Waals surface area contributed by atoms with Crippen molar-refractivity contribution < 1.29 is 9.13 Å². The number of rotatable bonds is 3. The summed E-state index contributed by atoms with van der Waals surface area (Å²) in [6.45, 7) is 6.44. The molecule has 1 saturated heterocycles. The fraction of sp³-hybridized carbons (Fsp3) is 0.500. The monoisotopic (exact) mass is 295 g/mol. The molecule has 1 unspecified atom stereocenters. The average molecular weight is 295 g/mol. The van der Waals surface area contributed by atoms with Crippen molar-refractivity contribution in [1.82, 2.24) is 14.5 Å². The maximum Gasteiger partial charge on any atom is 0.178 e. The van der Waals surface area contributed by atoms with E-state index < -0.39 is 0 Å². The van der Waals surface area contributed by atoms with Crippen LogP contribution in [0.2, 0.25) is 0 Å². The van der Waals surface area contributed by atoms with Gasteiger partial charge >= 0.3 is 0 Å². The number of para-hydroxylation sites is 1. The highest BCUT2D eigenvalue weighted by atomic mass is 32.1. The van der Waals surface area contributed by atoms with Gasteiger partial charge in [0.1, 0.15) is 11.3 Å². The zero-order valence-corrected chi connectivity index (χ0v) is 12.3. The second kappa shape index (κ2) is 5.63. The van der Waals surface area contributed by atoms with Crippen LogP contribution in [0.1, 0.15) is 13.0 Å². The second-order valence-corrected chi connectivity index (χ2v) is 5.58. The Morgan fingerprint density at radius 2 is 2.15 bits per heavy atom. The van der Waals surface area contributed by atoms with Gasteiger partial charge in [-0.15, -0.1) is 0 Å². The number of fused-ring (bicyclic) bond motifs is 1. The van der Waals surface area contributed by atoms with Gasteiger partial charge in [-0.3, -0.25) is 4.90 Å². The molecule has 4 nitrogen and oxygen atoms in total. The number of aromatic nitrogens is 2. The highest BCUT2D eigenvalue weighted by molar-refractivity contribution is 7.71. The van der Waals surface area contributed by atoms with Crippen LogP contribution in [0, 0.1) is 10.6 Å². The van der Waals surface area contributed by atoms with E-state index in [9.17, 15) is 4.39 Å². The third-order valence-electron chi connectivity index (χ3n) is 3.77. The van der Waals surface area contributed by atoms with Crippen molar-refractivity contribution >= 4 is 23.3 Å². The zero-order valence-electron chi connectivity index (χ0n) is 11.4. The van der Waals surface area contributed by atoms with E-state index in [4.69, 9.17) is 17.0 Å². The largest absolute Gasteiger partial charge is 0.379 e. The Balaban J connectivity index is 1.91. The van der Waals surface area contributed by atoms with E-state index in [0.29, 0.717) is 10.3 Å². The van der Waals surface area contributed by atoms with Crippen LogP contribution in [0.5, 0.6) is 0 Å². The lowest BCUT2D eigenvalue weighted by molar-refractivity contribution is 0.0327. The SMILES string of the molecule is CC(CN1CCOCC1)n1c(=S)[nH]c2c(F)cccc21. The Bertz CT molecular complexity index is 660. The summed E-state index contributed by atoms with van der Waals surface area (Å²) in [6.07, 6.45) is 0. The van der Waals surface area contributed by atoms with Crippen LogP contribution in [0.4, 0.5) is 4.39 Å². The molecule has 0 bridgehead atoms. The number of imidazole rings is 1. The fourth-order valence-electron chi connectivity index (χ4n) is 2.79. The third-order valence-corrected chi connectivity index (χ3v) is 4.07. The molecule has 2 aromatic rings. The van der Waals surface area contributed by atoms with E-state index in [1.54, 1.807) is 6.07 Å². The first kappa shape index (κ1) is 13.7. The summed E-state index contributed by atoms with van der Waals surface area (Å²) in [5.41, 5.74) is 1.32. The van der Waals surface area contributed by atoms with Gasteiger partial charge in [-0.1, -0.05) is 6.07 Å². The molecule has 1 aromatic carbocycles. The molecule has 0 radical (unpaired) electrons. The van der Waals surface area contributed by atoms with Crippen LogP contribution >= 0.6 is 12.2 Å². The highest BCUT2D eigenvalue weighted by Crippen LogP contribution is 2.22. The summed E-state index contributed by atoms with van der Waals surface area (Å²) in [4.78, 5) is 5.33. The minimum atomic E-state index is -0.258. The van der Waals surface area contributed by atoms with Gasteiger partial charge in [0.15, 0.2) is 4.77 Å². The molecular formula is C14H18FN3OS. The molecule has 1 atom stereocenters. The molecule has 1 N–H and O–H groups in total. The molecule has 0 spiro atoms. The van der Waals surface area contributed by atoms with Crippen molar-refractivity contribution in [1.29, 1.82) is 0 Å². The molecule has 1 aliphatic rings. The molecule has 0 aliphatic carbocycles. The average Bonchev–Trinajstić information content (AvgIpc) is 2.78. The number of ether oxygens (including phenoxy) is 1. The molecule has 20 heavy (non-hydrogen) atoms. The molecule has 1 aliphatic heterocycles. The van der Waals surface area contributed by atoms with Gasteiger partial charge < -0.3 is 14.3 Å². The van der Waals surface area contributed by atoms with Crippen LogP contribution < -0.4 is 0 Å². The van der Waals surface area contributed by atoms with E-state index in [1.807, 2.05) is 10.6 Å². The number of halogens is 1. The Morgan fingerprint density at radius 1 is 1.40 bits per heavy atom. The van der Waals surface area contributed by atoms with Gasteiger partial charge in [-0.2, -0.15) is 0 Å². The van der Waals surface area contributed by atoms with Crippen molar-refractivity contribution in [2.45, 2.75) is 13.0 Å². The number of benzene rings is 1. The van der Waals surface area contributed by atoms with Crippen LogP contribution in [0.3, 0.4) is 0 Å². The van der Waals surface area contributed by atoms with Gasteiger partial charge in [-0.05, 0) is 31.3 Å². The quantitative estimate of drug-likeness (QED) is 0.884. The summed E-state index contributed by atoms with van der Waals surface area (Å²) in [5, 5.41) is 0. The number of hydrogen-bond donors (Lipinski definition) is 1. The van der Waals surface area contributed by atoms with E-state index in [-0.39, 0.29) is 11.9 Å². The second-order valence-electron chi connectivity index (χ2n) is 5.20. The van der Waals surface area contributed by atoms with Crippen molar-refractivity contribution in [3.05, 3.63) is 28.8 Å². The van der Waals surface area contributed by atoms with Gasteiger partial charge in [0.25, 0.3) is 0 Å². The minimum Gasteiger partial charge on any atom is -0.379 e. The normalized spacial score (nSPS) is 18.5. The summed E-state index contributed by atoms with van der Waals surface area (Å²) in [7, 11) is 0. The molecule has 0 saturated carbocycles. The highest BCUT2D eigenvalue weighted by Gasteiger charge is 2.18. The molecule has 6 heteroatoms. The van der Waals surface area contributed by atoms with Crippen LogP contribution in [0.25, 0.3) is 11.0 Å². The van der Waals surface area contributed by atoms with Crippen molar-refractivity contribution in [2.24, 2.45) is 0 Å². The first-order valence-corrected chi connectivity index (χ1v) is 7.26. The smallest absolute Gasteiger partial charge is 0.178 e. The van der Waals surface area contributed by atoms with Gasteiger partial charge in [0, 0.05) is 25.7 Å². The molecule has 1 fully saturated rings. The van der Waals surface area contributed by atoms with Crippen LogP contribution in [-0.2, 0) is 4.74 Å². The summed E-state index contributed by atoms with van der Waals surface area (Å²) < 4.78 is 21.7. The first-order valence-electron chi connectivity index (χ1n) is 6.85. The summed E-state index contributed by atoms with van der Waals surface area (Å²) in [6, 6.07) is 5.26. The Kier molecular flexibility index (Phi) is 3.87. The minimum absolute atomic E-state index is 0.191. The predicted molar refractivity (Wildman–Crippen MR) is 79.1 cm³/mol. The van der Waals surface area contributed by atoms with E-state index in [2.05, 4.69) is 16.8 Å². The molecule has 2 heterocycles. The predicted octanol–water partition coefficient (Wildman–Crippen LogP) is 2.73. The maximum absolute atomic E-state index is 13.8. The topological polar surface area (TPSA) is 33.2 Å². The Morgan fingerprint density at radius 3 is 2.90 bits per heavy atom. The van der Waals surface area contributed by atoms with E-state index in [1.165, 1.54) is 6.07 Å². The van der Waals surface area contributed by atoms with Gasteiger partial charge in [-0.25, -0.2) is 4.39 Å². The number of nitrogens with zero attached hydrogens (tertiary/aromatic N) is 2. The number of aromatic amines is 1. The van der Waals surface area contributed by atoms with Crippen LogP contribution in [-0.4, -0.2) is 47.3 Å². The molecule has 0 amide bonds. The lowest BCUT2D eigenvalue weighted by Gasteiger charge is -2.29. The lowest BCUT2D eigenvalue weighted by Crippen LogP contribution is -2.39. The maximum atomic E-state index is 13.8. The third kappa shape index (κ3) is 2.51. The Labute approximate surface area is 122 Å². The van der Waals surface area contributed by atoms with Gasteiger partial charge in [0.05, 0.1) is 18.7 Å². The lowest BCUT2D eigenvalue weighted by atomic mass is 10.2. The number of nitrogens with one attached hydrogen (secondary N) is 1.